The minimum absolute atomic E-state index is 0.0728. The molecule has 0 aliphatic carbocycles. The van der Waals surface area contributed by atoms with Gasteiger partial charge >= 0.3 is 39.5 Å². The summed E-state index contributed by atoms with van der Waals surface area (Å²) in [7, 11) is -9.98. The molecular formula is C79H134O17P2. The van der Waals surface area contributed by atoms with E-state index < -0.39 is 97.5 Å². The van der Waals surface area contributed by atoms with Gasteiger partial charge in [-0.15, -0.1) is 0 Å². The van der Waals surface area contributed by atoms with E-state index in [4.69, 9.17) is 37.0 Å². The predicted octanol–water partition coefficient (Wildman–Crippen LogP) is 21.6. The molecule has 0 spiro atoms. The van der Waals surface area contributed by atoms with Gasteiger partial charge in [-0.05, 0) is 154 Å². The van der Waals surface area contributed by atoms with Gasteiger partial charge in [-0.25, -0.2) is 9.13 Å². The number of hydrogen-bond acceptors (Lipinski definition) is 15. The maximum Gasteiger partial charge on any atom is 0.472 e. The van der Waals surface area contributed by atoms with E-state index in [0.29, 0.717) is 25.7 Å². The zero-order valence-corrected chi connectivity index (χ0v) is 63.0. The molecule has 0 bridgehead atoms. The largest absolute Gasteiger partial charge is 0.472 e. The van der Waals surface area contributed by atoms with Crippen LogP contribution < -0.4 is 0 Å². The monoisotopic (exact) mass is 1420 g/mol. The number of carbonyl (C=O) groups excluding carboxylic acids is 4. The Labute approximate surface area is 593 Å². The molecule has 0 aliphatic rings. The summed E-state index contributed by atoms with van der Waals surface area (Å²) in [6, 6.07) is 0. The number of phosphoric acid groups is 2. The van der Waals surface area contributed by atoms with Gasteiger partial charge in [0.2, 0.25) is 0 Å². The van der Waals surface area contributed by atoms with Crippen LogP contribution in [0.1, 0.15) is 297 Å². The van der Waals surface area contributed by atoms with E-state index in [1.807, 2.05) is 0 Å². The number of aliphatic hydroxyl groups is 1. The summed E-state index contributed by atoms with van der Waals surface area (Å²) in [6.07, 6.45) is 76.3. The van der Waals surface area contributed by atoms with Gasteiger partial charge in [-0.2, -0.15) is 0 Å². The van der Waals surface area contributed by atoms with Crippen LogP contribution in [0.25, 0.3) is 0 Å². The number of phosphoric ester groups is 2. The van der Waals surface area contributed by atoms with Crippen molar-refractivity contribution in [3.05, 3.63) is 122 Å². The Balaban J connectivity index is 5.43. The molecule has 0 aromatic carbocycles. The van der Waals surface area contributed by atoms with E-state index in [2.05, 4.69) is 149 Å². The highest BCUT2D eigenvalue weighted by atomic mass is 31.2. The molecule has 0 aromatic rings. The predicted molar refractivity (Wildman–Crippen MR) is 399 cm³/mol. The second kappa shape index (κ2) is 70.9. The molecule has 0 saturated carbocycles. The summed E-state index contributed by atoms with van der Waals surface area (Å²) in [4.78, 5) is 72.8. The Bertz CT molecular complexity index is 2340. The van der Waals surface area contributed by atoms with Gasteiger partial charge in [-0.1, -0.05) is 239 Å². The summed E-state index contributed by atoms with van der Waals surface area (Å²) in [6.45, 7) is 4.51. The Morgan fingerprint density at radius 2 is 0.531 bits per heavy atom. The molecule has 17 nitrogen and oxygen atoms in total. The standard InChI is InChI=1S/C79H134O17P2/c1-5-9-13-17-21-25-29-33-36-40-43-47-51-55-59-63-76(81)89-69-74(95-78(83)65-61-57-53-49-45-39-32-28-24-20-16-12-8-4)71-93-97(85,86)91-67-73(80)68-92-98(87,88)94-72-75(96-79(84)66-62-58-54-50-46-42-38-35-31-27-23-19-15-11-7-3)70-90-77(82)64-60-56-52-48-44-41-37-34-30-26-22-18-14-10-6-2/h9-10,13-14,21-22,25-26,28,32-38,43-44,47-48,73-75,80H,5-8,11-12,15-20,23-24,27,29-31,39-42,45-46,49-72H2,1-4H3,(H,85,86)(H,87,88)/b13-9-,14-10-,25-21-,26-22-,32-28-,36-33-,37-34-,38-35-,47-43-,48-44-. The van der Waals surface area contributed by atoms with E-state index in [0.717, 1.165) is 154 Å². The highest BCUT2D eigenvalue weighted by Crippen LogP contribution is 2.45. The summed E-state index contributed by atoms with van der Waals surface area (Å²) >= 11 is 0. The lowest BCUT2D eigenvalue weighted by Crippen LogP contribution is -2.30. The fourth-order valence-electron chi connectivity index (χ4n) is 9.66. The normalized spacial score (nSPS) is 14.6. The Morgan fingerprint density at radius 3 is 0.857 bits per heavy atom. The fraction of sp³-hybridized carbons (Fsp3) is 0.696. The average Bonchev–Trinajstić information content (AvgIpc) is 0.959. The van der Waals surface area contributed by atoms with Crippen molar-refractivity contribution in [2.45, 2.75) is 316 Å². The molecule has 19 heteroatoms. The molecule has 0 aliphatic heterocycles. The highest BCUT2D eigenvalue weighted by Gasteiger charge is 2.30. The Morgan fingerprint density at radius 1 is 0.296 bits per heavy atom. The average molecular weight is 1420 g/mol. The van der Waals surface area contributed by atoms with E-state index in [1.54, 1.807) is 0 Å². The maximum absolute atomic E-state index is 13.1. The number of rotatable bonds is 70. The van der Waals surface area contributed by atoms with Crippen LogP contribution in [0.4, 0.5) is 0 Å². The quantitative estimate of drug-likeness (QED) is 0.0169. The number of esters is 4. The second-order valence-electron chi connectivity index (χ2n) is 24.8. The van der Waals surface area contributed by atoms with Crippen LogP contribution in [0.2, 0.25) is 0 Å². The van der Waals surface area contributed by atoms with Crippen molar-refractivity contribution in [3.8, 4) is 0 Å². The molecule has 0 radical (unpaired) electrons. The van der Waals surface area contributed by atoms with Gasteiger partial charge in [0, 0.05) is 25.7 Å². The lowest BCUT2D eigenvalue weighted by Gasteiger charge is -2.21. The molecule has 5 unspecified atom stereocenters. The molecule has 0 aromatic heterocycles. The minimum atomic E-state index is -4.99. The number of aliphatic hydroxyl groups excluding tert-OH is 1. The van der Waals surface area contributed by atoms with Crippen LogP contribution in [0.15, 0.2) is 122 Å². The van der Waals surface area contributed by atoms with Crippen LogP contribution in [0.3, 0.4) is 0 Å². The summed E-state index contributed by atoms with van der Waals surface area (Å²) in [5.74, 6) is -2.29. The summed E-state index contributed by atoms with van der Waals surface area (Å²) in [5, 5.41) is 10.6. The SMILES string of the molecule is CC/C=C\C/C=C\C/C=C\C/C=C\CCCCC(=O)OCC(COP(=O)(O)OCC(O)COP(=O)(O)OCC(COC(=O)CCCC/C=C\C/C=C\C/C=C\C/C=C\CC)OC(=O)CCCCCCC/C=C\CCCCCCCC)OC(=O)CCCCCCC/C=C\CCCCCC. The minimum Gasteiger partial charge on any atom is -0.462 e. The van der Waals surface area contributed by atoms with Crippen molar-refractivity contribution in [2.75, 3.05) is 39.6 Å². The van der Waals surface area contributed by atoms with Crippen LogP contribution in [-0.2, 0) is 65.4 Å². The third-order valence-corrected chi connectivity index (χ3v) is 17.3. The lowest BCUT2D eigenvalue weighted by atomic mass is 10.1. The van der Waals surface area contributed by atoms with Crippen LogP contribution in [0, 0.1) is 0 Å². The van der Waals surface area contributed by atoms with Gasteiger partial charge in [0.1, 0.15) is 19.3 Å². The van der Waals surface area contributed by atoms with Crippen molar-refractivity contribution in [2.24, 2.45) is 0 Å². The van der Waals surface area contributed by atoms with Gasteiger partial charge in [0.25, 0.3) is 0 Å². The summed E-state index contributed by atoms with van der Waals surface area (Å²) in [5.41, 5.74) is 0. The van der Waals surface area contributed by atoms with Crippen LogP contribution >= 0.6 is 15.6 Å². The Hall–Kier alpha value is -4.54. The zero-order valence-electron chi connectivity index (χ0n) is 61.2. The molecule has 0 rings (SSSR count). The van der Waals surface area contributed by atoms with Gasteiger partial charge in [0.15, 0.2) is 12.2 Å². The lowest BCUT2D eigenvalue weighted by molar-refractivity contribution is -0.161. The number of hydrogen-bond donors (Lipinski definition) is 3. The third-order valence-electron chi connectivity index (χ3n) is 15.4. The molecule has 0 heterocycles. The summed E-state index contributed by atoms with van der Waals surface area (Å²) < 4.78 is 68.3. The van der Waals surface area contributed by atoms with Crippen LogP contribution in [0.5, 0.6) is 0 Å². The second-order valence-corrected chi connectivity index (χ2v) is 27.7. The molecule has 0 saturated heterocycles. The van der Waals surface area contributed by atoms with E-state index >= 15 is 0 Å². The first-order chi connectivity index (χ1) is 47.7. The molecule has 0 fully saturated rings. The molecule has 5 atom stereocenters. The van der Waals surface area contributed by atoms with Crippen molar-refractivity contribution in [1.82, 2.24) is 0 Å². The first-order valence-electron chi connectivity index (χ1n) is 37.8. The smallest absolute Gasteiger partial charge is 0.462 e. The van der Waals surface area contributed by atoms with Crippen molar-refractivity contribution in [3.63, 3.8) is 0 Å². The fourth-order valence-corrected chi connectivity index (χ4v) is 11.2. The van der Waals surface area contributed by atoms with E-state index in [-0.39, 0.29) is 25.7 Å². The van der Waals surface area contributed by atoms with Gasteiger partial charge in [-0.3, -0.25) is 37.3 Å². The number of allylic oxidation sites excluding steroid dienone is 20. The third kappa shape index (κ3) is 69.9. The molecule has 562 valence electrons. The number of carbonyl (C=O) groups is 4. The zero-order chi connectivity index (χ0) is 71.8. The molecule has 98 heavy (non-hydrogen) atoms. The first kappa shape index (κ1) is 93.5. The Kier molecular flexibility index (Phi) is 67.6. The van der Waals surface area contributed by atoms with Crippen molar-refractivity contribution >= 4 is 39.5 Å². The maximum atomic E-state index is 13.1. The topological polar surface area (TPSA) is 237 Å². The molecule has 3 N–H and O–H groups in total. The number of ether oxygens (including phenoxy) is 4. The molecule has 0 amide bonds. The van der Waals surface area contributed by atoms with E-state index in [1.165, 1.54) is 64.2 Å². The van der Waals surface area contributed by atoms with Gasteiger partial charge < -0.3 is 33.8 Å². The van der Waals surface area contributed by atoms with E-state index in [9.17, 15) is 43.2 Å². The number of unbranched alkanes of at least 4 members (excludes halogenated alkanes) is 24. The van der Waals surface area contributed by atoms with Gasteiger partial charge in [0.05, 0.1) is 26.4 Å². The highest BCUT2D eigenvalue weighted by molar-refractivity contribution is 7.47. The van der Waals surface area contributed by atoms with Crippen LogP contribution in [-0.4, -0.2) is 96.7 Å². The molecular weight excluding hydrogens is 1280 g/mol. The van der Waals surface area contributed by atoms with Crippen molar-refractivity contribution in [1.29, 1.82) is 0 Å². The van der Waals surface area contributed by atoms with Crippen molar-refractivity contribution < 1.29 is 80.2 Å². The first-order valence-corrected chi connectivity index (χ1v) is 40.8.